The lowest BCUT2D eigenvalue weighted by Crippen LogP contribution is -2.48. The van der Waals surface area contributed by atoms with Gasteiger partial charge < -0.3 is 18.7 Å². The minimum Gasteiger partial charge on any atom is -0.414 e. The maximum Gasteiger partial charge on any atom is 0.330 e. The molecule has 0 saturated carbocycles. The number of aromatic amines is 1. The Morgan fingerprint density at radius 2 is 1.61 bits per heavy atom. The van der Waals surface area contributed by atoms with Gasteiger partial charge in [-0.2, -0.15) is 0 Å². The SMILES string of the molecule is CC(C)(C)[Si](C)(C)OC[C@H]1O[C@@H](n2cc(C(O)c3ccccc3)c(=O)[nH]c2=O)C[C@@H]1O[Si](C)(C)C(C)(C)C. The molecule has 0 spiro atoms. The summed E-state index contributed by atoms with van der Waals surface area (Å²) in [6, 6.07) is 8.89. The number of aromatic nitrogens is 2. The van der Waals surface area contributed by atoms with Crippen LogP contribution in [0.25, 0.3) is 0 Å². The van der Waals surface area contributed by atoms with Crippen LogP contribution < -0.4 is 11.2 Å². The molecule has 0 amide bonds. The van der Waals surface area contributed by atoms with Crippen LogP contribution in [-0.4, -0.2) is 50.1 Å². The number of rotatable bonds is 8. The molecule has 10 heteroatoms. The average Bonchev–Trinajstić information content (AvgIpc) is 3.18. The Morgan fingerprint density at radius 3 is 2.16 bits per heavy atom. The number of aliphatic hydroxyl groups is 1. The van der Waals surface area contributed by atoms with Crippen molar-refractivity contribution in [2.24, 2.45) is 0 Å². The van der Waals surface area contributed by atoms with Crippen molar-refractivity contribution in [3.05, 3.63) is 68.5 Å². The monoisotopic (exact) mass is 562 g/mol. The third kappa shape index (κ3) is 6.66. The molecule has 2 N–H and O–H groups in total. The van der Waals surface area contributed by atoms with Gasteiger partial charge in [0.15, 0.2) is 16.6 Å². The highest BCUT2D eigenvalue weighted by Gasteiger charge is 2.46. The van der Waals surface area contributed by atoms with E-state index in [4.69, 9.17) is 13.6 Å². The number of hydrogen-bond donors (Lipinski definition) is 2. The van der Waals surface area contributed by atoms with Gasteiger partial charge in [-0.25, -0.2) is 4.79 Å². The number of ether oxygens (including phenoxy) is 1. The van der Waals surface area contributed by atoms with Gasteiger partial charge in [-0.1, -0.05) is 71.9 Å². The molecule has 1 unspecified atom stereocenters. The molecule has 1 saturated heterocycles. The third-order valence-electron chi connectivity index (χ3n) is 8.56. The Labute approximate surface area is 228 Å². The first-order valence-corrected chi connectivity index (χ1v) is 19.2. The van der Waals surface area contributed by atoms with Crippen LogP contribution in [0.1, 0.15) is 71.4 Å². The summed E-state index contributed by atoms with van der Waals surface area (Å²) in [6.07, 6.45) is -0.625. The number of aliphatic hydroxyl groups excluding tert-OH is 1. The first-order chi connectivity index (χ1) is 17.3. The van der Waals surface area contributed by atoms with E-state index in [1.165, 1.54) is 10.8 Å². The molecule has 212 valence electrons. The minimum atomic E-state index is -2.16. The van der Waals surface area contributed by atoms with Crippen LogP contribution in [0.15, 0.2) is 46.1 Å². The number of H-pyrrole nitrogens is 1. The molecule has 1 aliphatic heterocycles. The molecule has 38 heavy (non-hydrogen) atoms. The molecule has 8 nitrogen and oxygen atoms in total. The Bertz CT molecular complexity index is 1210. The highest BCUT2D eigenvalue weighted by Crippen LogP contribution is 2.42. The van der Waals surface area contributed by atoms with Crippen molar-refractivity contribution in [2.75, 3.05) is 6.61 Å². The zero-order chi connectivity index (χ0) is 28.7. The van der Waals surface area contributed by atoms with Crippen LogP contribution in [0.3, 0.4) is 0 Å². The lowest BCUT2D eigenvalue weighted by Gasteiger charge is -2.40. The summed E-state index contributed by atoms with van der Waals surface area (Å²) < 4.78 is 21.1. The molecular formula is C28H46N2O6Si2. The standard InChI is InChI=1S/C28H46N2O6Si2/c1-27(2,3)37(7,8)34-18-22-21(36-38(9,10)28(4,5)6)16-23(35-22)30-17-20(25(32)29-26(30)33)24(31)19-14-12-11-13-15-19/h11-15,17,21-24,31H,16,18H2,1-10H3,(H,29,32,33)/t21-,22+,23+,24?/m0/s1. The summed E-state index contributed by atoms with van der Waals surface area (Å²) >= 11 is 0. The van der Waals surface area contributed by atoms with Crippen LogP contribution >= 0.6 is 0 Å². The van der Waals surface area contributed by atoms with Crippen molar-refractivity contribution in [1.82, 2.24) is 9.55 Å². The zero-order valence-electron chi connectivity index (χ0n) is 24.6. The van der Waals surface area contributed by atoms with E-state index in [1.807, 2.05) is 6.07 Å². The molecule has 1 aromatic carbocycles. The fourth-order valence-corrected chi connectivity index (χ4v) is 6.30. The predicted octanol–water partition coefficient (Wildman–Crippen LogP) is 5.32. The molecule has 3 rings (SSSR count). The zero-order valence-corrected chi connectivity index (χ0v) is 26.6. The van der Waals surface area contributed by atoms with E-state index in [-0.39, 0.29) is 27.8 Å². The Balaban J connectivity index is 1.95. The first-order valence-electron chi connectivity index (χ1n) is 13.4. The van der Waals surface area contributed by atoms with E-state index in [9.17, 15) is 14.7 Å². The number of nitrogens with zero attached hydrogens (tertiary/aromatic N) is 1. The molecule has 0 aliphatic carbocycles. The Kier molecular flexibility index (Phi) is 8.87. The third-order valence-corrected chi connectivity index (χ3v) is 17.6. The second-order valence-corrected chi connectivity index (χ2v) is 23.0. The summed E-state index contributed by atoms with van der Waals surface area (Å²) in [7, 11) is -4.21. The Hall–Kier alpha value is -1.83. The topological polar surface area (TPSA) is 103 Å². The van der Waals surface area contributed by atoms with Crippen LogP contribution in [0, 0.1) is 0 Å². The summed E-state index contributed by atoms with van der Waals surface area (Å²) in [4.78, 5) is 28.0. The van der Waals surface area contributed by atoms with Gasteiger partial charge in [0.1, 0.15) is 18.4 Å². The highest BCUT2D eigenvalue weighted by molar-refractivity contribution is 6.74. The maximum absolute atomic E-state index is 12.9. The second kappa shape index (κ2) is 11.0. The highest BCUT2D eigenvalue weighted by atomic mass is 28.4. The quantitative estimate of drug-likeness (QED) is 0.422. The molecule has 1 aromatic heterocycles. The van der Waals surface area contributed by atoms with Crippen molar-refractivity contribution < 1.29 is 18.7 Å². The van der Waals surface area contributed by atoms with Crippen molar-refractivity contribution in [3.63, 3.8) is 0 Å². The molecule has 1 aliphatic rings. The van der Waals surface area contributed by atoms with E-state index < -0.39 is 40.2 Å². The van der Waals surface area contributed by atoms with E-state index in [0.29, 0.717) is 18.6 Å². The van der Waals surface area contributed by atoms with Gasteiger partial charge in [0, 0.05) is 12.6 Å². The summed E-state index contributed by atoms with van der Waals surface area (Å²) in [6.45, 7) is 22.3. The smallest absolute Gasteiger partial charge is 0.330 e. The van der Waals surface area contributed by atoms with Crippen LogP contribution in [0.4, 0.5) is 0 Å². The van der Waals surface area contributed by atoms with E-state index >= 15 is 0 Å². The molecule has 1 fully saturated rings. The molecule has 2 heterocycles. The largest absolute Gasteiger partial charge is 0.414 e. The van der Waals surface area contributed by atoms with Crippen LogP contribution in [0.2, 0.25) is 36.3 Å². The van der Waals surface area contributed by atoms with Gasteiger partial charge in [-0.15, -0.1) is 0 Å². The van der Waals surface area contributed by atoms with Crippen LogP contribution in [-0.2, 0) is 13.6 Å². The van der Waals surface area contributed by atoms with Gasteiger partial charge in [-0.05, 0) is 41.8 Å². The van der Waals surface area contributed by atoms with Crippen molar-refractivity contribution in [1.29, 1.82) is 0 Å². The fourth-order valence-electron chi connectivity index (χ4n) is 3.93. The number of benzene rings is 1. The van der Waals surface area contributed by atoms with Gasteiger partial charge in [0.2, 0.25) is 0 Å². The lowest BCUT2D eigenvalue weighted by atomic mass is 10.0. The van der Waals surface area contributed by atoms with Crippen molar-refractivity contribution in [3.8, 4) is 0 Å². The minimum absolute atomic E-state index is 0.00227. The summed E-state index contributed by atoms with van der Waals surface area (Å²) in [5.41, 5.74) is -0.550. The van der Waals surface area contributed by atoms with Crippen molar-refractivity contribution >= 4 is 16.6 Å². The predicted molar refractivity (Wildman–Crippen MR) is 156 cm³/mol. The summed E-state index contributed by atoms with van der Waals surface area (Å²) in [5, 5.41) is 11.0. The lowest BCUT2D eigenvalue weighted by molar-refractivity contribution is -0.0414. The second-order valence-electron chi connectivity index (χ2n) is 13.4. The van der Waals surface area contributed by atoms with Gasteiger partial charge in [0.05, 0.1) is 18.3 Å². The maximum atomic E-state index is 12.9. The first kappa shape index (κ1) is 30.7. The fraction of sp³-hybridized carbons (Fsp3) is 0.643. The van der Waals surface area contributed by atoms with Gasteiger partial charge >= 0.3 is 5.69 Å². The molecule has 4 atom stereocenters. The van der Waals surface area contributed by atoms with E-state index in [2.05, 4.69) is 72.7 Å². The molecule has 2 aromatic rings. The van der Waals surface area contributed by atoms with Crippen LogP contribution in [0.5, 0.6) is 0 Å². The van der Waals surface area contributed by atoms with Gasteiger partial charge in [0.25, 0.3) is 5.56 Å². The summed E-state index contributed by atoms with van der Waals surface area (Å²) in [5.74, 6) is 0. The van der Waals surface area contributed by atoms with E-state index in [0.717, 1.165) is 0 Å². The van der Waals surface area contributed by atoms with Gasteiger partial charge in [-0.3, -0.25) is 14.3 Å². The molecular weight excluding hydrogens is 516 g/mol. The average molecular weight is 563 g/mol. The normalized spacial score (nSPS) is 22.0. The van der Waals surface area contributed by atoms with Crippen molar-refractivity contribution in [2.45, 2.75) is 109 Å². The Morgan fingerprint density at radius 1 is 1.03 bits per heavy atom. The number of nitrogens with one attached hydrogen (secondary N) is 1. The molecule has 0 bridgehead atoms. The molecule has 0 radical (unpaired) electrons. The number of hydrogen-bond acceptors (Lipinski definition) is 6. The van der Waals surface area contributed by atoms with E-state index in [1.54, 1.807) is 24.3 Å².